The lowest BCUT2D eigenvalue weighted by molar-refractivity contribution is -0.125. The van der Waals surface area contributed by atoms with Crippen LogP contribution in [0.25, 0.3) is 0 Å². The molecule has 3 atom stereocenters. The van der Waals surface area contributed by atoms with E-state index in [1.807, 2.05) is 0 Å². The van der Waals surface area contributed by atoms with Gasteiger partial charge in [0.05, 0.1) is 0 Å². The molecule has 0 aromatic heterocycles. The van der Waals surface area contributed by atoms with Gasteiger partial charge in [0.1, 0.15) is 6.61 Å². The topological polar surface area (TPSA) is 38.3 Å². The zero-order valence-electron chi connectivity index (χ0n) is 8.08. The summed E-state index contributed by atoms with van der Waals surface area (Å²) < 4.78 is 4.78. The number of hydrogen-bond acceptors (Lipinski definition) is 2. The number of amides is 1. The second-order valence-corrected chi connectivity index (χ2v) is 4.28. The molecule has 2 fully saturated rings. The summed E-state index contributed by atoms with van der Waals surface area (Å²) in [7, 11) is 1.56. The van der Waals surface area contributed by atoms with Crippen molar-refractivity contribution < 1.29 is 9.53 Å². The van der Waals surface area contributed by atoms with E-state index in [4.69, 9.17) is 4.74 Å². The van der Waals surface area contributed by atoms with E-state index in [1.165, 1.54) is 25.7 Å². The number of rotatable bonds is 3. The fourth-order valence-corrected chi connectivity index (χ4v) is 2.80. The van der Waals surface area contributed by atoms with Gasteiger partial charge in [-0.25, -0.2) is 0 Å². The monoisotopic (exact) mass is 183 g/mol. The number of fused-ring (bicyclic) bond motifs is 2. The van der Waals surface area contributed by atoms with E-state index in [0.717, 1.165) is 11.8 Å². The number of carbonyl (C=O) groups excluding carboxylic acids is 1. The van der Waals surface area contributed by atoms with Gasteiger partial charge in [-0.2, -0.15) is 0 Å². The molecule has 0 aromatic rings. The van der Waals surface area contributed by atoms with Crippen LogP contribution in [-0.2, 0) is 9.53 Å². The Morgan fingerprint density at radius 3 is 2.85 bits per heavy atom. The highest BCUT2D eigenvalue weighted by Gasteiger charge is 2.39. The van der Waals surface area contributed by atoms with Gasteiger partial charge in [0.25, 0.3) is 0 Å². The van der Waals surface area contributed by atoms with Crippen LogP contribution < -0.4 is 5.32 Å². The minimum Gasteiger partial charge on any atom is -0.375 e. The molecule has 2 rings (SSSR count). The molecular weight excluding hydrogens is 166 g/mol. The Bertz CT molecular complexity index is 205. The lowest BCUT2D eigenvalue weighted by Gasteiger charge is -2.22. The van der Waals surface area contributed by atoms with Crippen LogP contribution in [0.1, 0.15) is 25.7 Å². The Kier molecular flexibility index (Phi) is 2.54. The summed E-state index contributed by atoms with van der Waals surface area (Å²) in [6, 6.07) is 0.446. The van der Waals surface area contributed by atoms with Gasteiger partial charge in [-0.1, -0.05) is 6.42 Å². The van der Waals surface area contributed by atoms with Gasteiger partial charge in [0, 0.05) is 13.2 Å². The average Bonchev–Trinajstić information content (AvgIpc) is 2.65. The molecule has 13 heavy (non-hydrogen) atoms. The van der Waals surface area contributed by atoms with Crippen molar-refractivity contribution in [2.45, 2.75) is 31.7 Å². The van der Waals surface area contributed by atoms with Crippen molar-refractivity contribution in [3.8, 4) is 0 Å². The van der Waals surface area contributed by atoms with Crippen LogP contribution in [0.2, 0.25) is 0 Å². The van der Waals surface area contributed by atoms with Gasteiger partial charge in [0.15, 0.2) is 0 Å². The maximum Gasteiger partial charge on any atom is 0.246 e. The van der Waals surface area contributed by atoms with Crippen molar-refractivity contribution in [2.75, 3.05) is 13.7 Å². The quantitative estimate of drug-likeness (QED) is 0.707. The fraction of sp³-hybridized carbons (Fsp3) is 0.900. The summed E-state index contributed by atoms with van der Waals surface area (Å²) in [5.41, 5.74) is 0. The van der Waals surface area contributed by atoms with Gasteiger partial charge >= 0.3 is 0 Å². The van der Waals surface area contributed by atoms with E-state index in [2.05, 4.69) is 5.32 Å². The minimum atomic E-state index is 0.0417. The van der Waals surface area contributed by atoms with Crippen molar-refractivity contribution in [1.82, 2.24) is 5.32 Å². The van der Waals surface area contributed by atoms with E-state index in [9.17, 15) is 4.79 Å². The molecule has 0 heterocycles. The Balaban J connectivity index is 1.79. The third-order valence-electron chi connectivity index (χ3n) is 3.36. The summed E-state index contributed by atoms with van der Waals surface area (Å²) in [6.45, 7) is 0.202. The molecule has 0 radical (unpaired) electrons. The van der Waals surface area contributed by atoms with E-state index in [-0.39, 0.29) is 12.5 Å². The van der Waals surface area contributed by atoms with Crippen LogP contribution >= 0.6 is 0 Å². The molecule has 0 aromatic carbocycles. The standard InChI is InChI=1S/C10H17NO2/c1-13-6-10(12)11-9-5-7-2-3-8(9)4-7/h7-9H,2-6H2,1H3,(H,11,12)/t7-,8+,9-/m0/s1. The summed E-state index contributed by atoms with van der Waals surface area (Å²) in [6.07, 6.45) is 5.21. The first-order valence-corrected chi connectivity index (χ1v) is 5.08. The van der Waals surface area contributed by atoms with Crippen molar-refractivity contribution in [3.05, 3.63) is 0 Å². The number of carbonyl (C=O) groups is 1. The number of nitrogens with one attached hydrogen (secondary N) is 1. The van der Waals surface area contributed by atoms with E-state index in [1.54, 1.807) is 7.11 Å². The normalized spacial score (nSPS) is 36.5. The smallest absolute Gasteiger partial charge is 0.246 e. The minimum absolute atomic E-state index is 0.0417. The number of methoxy groups -OCH3 is 1. The van der Waals surface area contributed by atoms with Crippen molar-refractivity contribution in [1.29, 1.82) is 0 Å². The van der Waals surface area contributed by atoms with Gasteiger partial charge in [-0.3, -0.25) is 4.79 Å². The van der Waals surface area contributed by atoms with Crippen LogP contribution in [0.3, 0.4) is 0 Å². The molecule has 0 saturated heterocycles. The molecule has 2 bridgehead atoms. The molecule has 2 saturated carbocycles. The first-order chi connectivity index (χ1) is 6.29. The molecule has 0 spiro atoms. The van der Waals surface area contributed by atoms with E-state index >= 15 is 0 Å². The van der Waals surface area contributed by atoms with Crippen molar-refractivity contribution in [3.63, 3.8) is 0 Å². The van der Waals surface area contributed by atoms with Crippen LogP contribution in [0, 0.1) is 11.8 Å². The van der Waals surface area contributed by atoms with Crippen LogP contribution in [-0.4, -0.2) is 25.7 Å². The Morgan fingerprint density at radius 1 is 1.46 bits per heavy atom. The van der Waals surface area contributed by atoms with Gasteiger partial charge in [0.2, 0.25) is 5.91 Å². The van der Waals surface area contributed by atoms with E-state index in [0.29, 0.717) is 6.04 Å². The summed E-state index contributed by atoms with van der Waals surface area (Å²) in [5, 5.41) is 3.05. The van der Waals surface area contributed by atoms with Crippen molar-refractivity contribution >= 4 is 5.91 Å². The number of ether oxygens (including phenoxy) is 1. The van der Waals surface area contributed by atoms with Gasteiger partial charge in [-0.15, -0.1) is 0 Å². The third-order valence-corrected chi connectivity index (χ3v) is 3.36. The Morgan fingerprint density at radius 2 is 2.31 bits per heavy atom. The Hall–Kier alpha value is -0.570. The second kappa shape index (κ2) is 3.66. The van der Waals surface area contributed by atoms with Crippen LogP contribution in [0.15, 0.2) is 0 Å². The Labute approximate surface area is 78.8 Å². The summed E-state index contributed by atoms with van der Waals surface area (Å²) in [5.74, 6) is 1.68. The molecule has 3 nitrogen and oxygen atoms in total. The highest BCUT2D eigenvalue weighted by atomic mass is 16.5. The van der Waals surface area contributed by atoms with Gasteiger partial charge < -0.3 is 10.1 Å². The first-order valence-electron chi connectivity index (χ1n) is 5.08. The first kappa shape index (κ1) is 9.00. The number of hydrogen-bond donors (Lipinski definition) is 1. The third kappa shape index (κ3) is 1.85. The predicted molar refractivity (Wildman–Crippen MR) is 49.3 cm³/mol. The fourth-order valence-electron chi connectivity index (χ4n) is 2.80. The molecule has 1 amide bonds. The molecule has 0 unspecified atom stereocenters. The molecule has 2 aliphatic rings. The zero-order chi connectivity index (χ0) is 9.26. The average molecular weight is 183 g/mol. The van der Waals surface area contributed by atoms with Crippen LogP contribution in [0.5, 0.6) is 0 Å². The summed E-state index contributed by atoms with van der Waals surface area (Å²) in [4.78, 5) is 11.2. The summed E-state index contributed by atoms with van der Waals surface area (Å²) >= 11 is 0. The maximum atomic E-state index is 11.2. The second-order valence-electron chi connectivity index (χ2n) is 4.28. The highest BCUT2D eigenvalue weighted by molar-refractivity contribution is 5.77. The highest BCUT2D eigenvalue weighted by Crippen LogP contribution is 2.44. The molecule has 0 aliphatic heterocycles. The molecule has 2 aliphatic carbocycles. The predicted octanol–water partition coefficient (Wildman–Crippen LogP) is 0.938. The largest absolute Gasteiger partial charge is 0.375 e. The zero-order valence-corrected chi connectivity index (χ0v) is 8.08. The molecule has 74 valence electrons. The molecule has 3 heteroatoms. The van der Waals surface area contributed by atoms with Crippen LogP contribution in [0.4, 0.5) is 0 Å². The van der Waals surface area contributed by atoms with Crippen molar-refractivity contribution in [2.24, 2.45) is 11.8 Å². The lowest BCUT2D eigenvalue weighted by atomic mass is 9.95. The maximum absolute atomic E-state index is 11.2. The SMILES string of the molecule is COCC(=O)N[C@H]1C[C@H]2CC[C@@H]1C2. The lowest BCUT2D eigenvalue weighted by Crippen LogP contribution is -2.40. The van der Waals surface area contributed by atoms with E-state index < -0.39 is 0 Å². The molecule has 1 N–H and O–H groups in total. The molecular formula is C10H17NO2. The van der Waals surface area contributed by atoms with Gasteiger partial charge in [-0.05, 0) is 31.1 Å².